The van der Waals surface area contributed by atoms with Crippen LogP contribution in [0.4, 0.5) is 0 Å². The molecular formula is C13H29N3O. The van der Waals surface area contributed by atoms with Gasteiger partial charge in [-0.3, -0.25) is 9.69 Å². The second-order valence-electron chi connectivity index (χ2n) is 5.74. The van der Waals surface area contributed by atoms with Crippen LogP contribution in [-0.2, 0) is 4.79 Å². The molecule has 0 unspecified atom stereocenters. The van der Waals surface area contributed by atoms with Crippen molar-refractivity contribution >= 4 is 5.91 Å². The molecule has 4 heteroatoms. The van der Waals surface area contributed by atoms with Crippen molar-refractivity contribution in [1.82, 2.24) is 15.1 Å². The van der Waals surface area contributed by atoms with Gasteiger partial charge in [0.2, 0.25) is 5.91 Å². The molecule has 17 heavy (non-hydrogen) atoms. The molecule has 0 aliphatic carbocycles. The fourth-order valence-corrected chi connectivity index (χ4v) is 1.51. The number of nitrogens with one attached hydrogen (secondary N) is 1. The van der Waals surface area contributed by atoms with Gasteiger partial charge in [-0.15, -0.1) is 0 Å². The number of amides is 1. The minimum absolute atomic E-state index is 0.142. The first-order valence-electron chi connectivity index (χ1n) is 6.44. The third kappa shape index (κ3) is 9.12. The summed E-state index contributed by atoms with van der Waals surface area (Å²) in [6, 6.07) is 0. The summed E-state index contributed by atoms with van der Waals surface area (Å²) in [5, 5.41) is 3.45. The Morgan fingerprint density at radius 3 is 2.18 bits per heavy atom. The van der Waals surface area contributed by atoms with Crippen LogP contribution in [0.1, 0.15) is 34.1 Å². The Balaban J connectivity index is 4.02. The first-order chi connectivity index (χ1) is 7.76. The fraction of sp³-hybridized carbons (Fsp3) is 0.923. The van der Waals surface area contributed by atoms with Gasteiger partial charge < -0.3 is 10.2 Å². The summed E-state index contributed by atoms with van der Waals surface area (Å²) in [5.41, 5.74) is 0.142. The summed E-state index contributed by atoms with van der Waals surface area (Å²) in [7, 11) is 3.61. The third-order valence-corrected chi connectivity index (χ3v) is 2.48. The van der Waals surface area contributed by atoms with E-state index >= 15 is 0 Å². The summed E-state index contributed by atoms with van der Waals surface area (Å²) < 4.78 is 0. The van der Waals surface area contributed by atoms with E-state index in [0.717, 1.165) is 26.1 Å². The van der Waals surface area contributed by atoms with Gasteiger partial charge in [0.05, 0.1) is 6.54 Å². The molecule has 0 heterocycles. The van der Waals surface area contributed by atoms with Crippen molar-refractivity contribution in [3.05, 3.63) is 0 Å². The van der Waals surface area contributed by atoms with Gasteiger partial charge >= 0.3 is 0 Å². The normalized spacial score (nSPS) is 11.9. The van der Waals surface area contributed by atoms with Crippen LogP contribution in [0.15, 0.2) is 0 Å². The van der Waals surface area contributed by atoms with Crippen LogP contribution in [0.25, 0.3) is 0 Å². The molecule has 0 radical (unpaired) electrons. The maximum Gasteiger partial charge on any atom is 0.236 e. The molecule has 0 atom stereocenters. The average Bonchev–Trinajstić information content (AvgIpc) is 2.15. The van der Waals surface area contributed by atoms with Crippen molar-refractivity contribution in [2.75, 3.05) is 40.3 Å². The van der Waals surface area contributed by atoms with Gasteiger partial charge in [0.25, 0.3) is 0 Å². The van der Waals surface area contributed by atoms with E-state index in [1.165, 1.54) is 0 Å². The Morgan fingerprint density at radius 1 is 1.18 bits per heavy atom. The predicted molar refractivity (Wildman–Crippen MR) is 73.2 cm³/mol. The van der Waals surface area contributed by atoms with E-state index in [9.17, 15) is 4.79 Å². The van der Waals surface area contributed by atoms with E-state index in [4.69, 9.17) is 0 Å². The molecule has 4 nitrogen and oxygen atoms in total. The van der Waals surface area contributed by atoms with Crippen LogP contribution in [0, 0.1) is 0 Å². The lowest BCUT2D eigenvalue weighted by molar-refractivity contribution is -0.129. The zero-order chi connectivity index (χ0) is 13.5. The fourth-order valence-electron chi connectivity index (χ4n) is 1.51. The van der Waals surface area contributed by atoms with Crippen LogP contribution in [0.3, 0.4) is 0 Å². The topological polar surface area (TPSA) is 35.6 Å². The molecule has 0 saturated carbocycles. The quantitative estimate of drug-likeness (QED) is 0.729. The predicted octanol–water partition coefficient (Wildman–Crippen LogP) is 1.17. The second kappa shape index (κ2) is 7.67. The highest BCUT2D eigenvalue weighted by atomic mass is 16.2. The van der Waals surface area contributed by atoms with Crippen molar-refractivity contribution in [2.24, 2.45) is 0 Å². The zero-order valence-electron chi connectivity index (χ0n) is 12.3. The number of hydrogen-bond donors (Lipinski definition) is 1. The Bertz CT molecular complexity index is 221. The number of rotatable bonds is 7. The smallest absolute Gasteiger partial charge is 0.236 e. The Morgan fingerprint density at radius 2 is 1.76 bits per heavy atom. The molecular weight excluding hydrogens is 214 g/mol. The van der Waals surface area contributed by atoms with E-state index in [0.29, 0.717) is 6.54 Å². The van der Waals surface area contributed by atoms with E-state index < -0.39 is 0 Å². The minimum Gasteiger partial charge on any atom is -0.348 e. The lowest BCUT2D eigenvalue weighted by atomic mass is 10.1. The highest BCUT2D eigenvalue weighted by Gasteiger charge is 2.13. The van der Waals surface area contributed by atoms with E-state index in [1.54, 1.807) is 19.0 Å². The second-order valence-corrected chi connectivity index (χ2v) is 5.74. The minimum atomic E-state index is 0.142. The number of hydrogen-bond acceptors (Lipinski definition) is 3. The SMILES string of the molecule is CCCN(CCNC(C)(C)C)CC(=O)N(C)C. The van der Waals surface area contributed by atoms with Gasteiger partial charge in [-0.1, -0.05) is 6.92 Å². The molecule has 0 spiro atoms. The van der Waals surface area contributed by atoms with Crippen molar-refractivity contribution in [3.63, 3.8) is 0 Å². The van der Waals surface area contributed by atoms with Gasteiger partial charge in [0, 0.05) is 32.7 Å². The first kappa shape index (κ1) is 16.4. The molecule has 0 aromatic carbocycles. The largest absolute Gasteiger partial charge is 0.348 e. The van der Waals surface area contributed by atoms with Crippen LogP contribution in [0.2, 0.25) is 0 Å². The highest BCUT2D eigenvalue weighted by Crippen LogP contribution is 1.98. The van der Waals surface area contributed by atoms with Crippen molar-refractivity contribution in [1.29, 1.82) is 0 Å². The molecule has 0 bridgehead atoms. The molecule has 0 rings (SSSR count). The maximum absolute atomic E-state index is 11.7. The monoisotopic (exact) mass is 243 g/mol. The van der Waals surface area contributed by atoms with Crippen LogP contribution >= 0.6 is 0 Å². The number of likely N-dealkylation sites (N-methyl/N-ethyl adjacent to an activating group) is 1. The Kier molecular flexibility index (Phi) is 7.39. The van der Waals surface area contributed by atoms with Gasteiger partial charge in [-0.05, 0) is 33.7 Å². The zero-order valence-corrected chi connectivity index (χ0v) is 12.3. The van der Waals surface area contributed by atoms with Crippen LogP contribution < -0.4 is 5.32 Å². The lowest BCUT2D eigenvalue weighted by Crippen LogP contribution is -2.44. The lowest BCUT2D eigenvalue weighted by Gasteiger charge is -2.26. The molecule has 0 aromatic heterocycles. The van der Waals surface area contributed by atoms with E-state index in [1.807, 2.05) is 0 Å². The summed E-state index contributed by atoms with van der Waals surface area (Å²) in [4.78, 5) is 15.5. The van der Waals surface area contributed by atoms with Crippen LogP contribution in [0.5, 0.6) is 0 Å². The number of carbonyl (C=O) groups is 1. The van der Waals surface area contributed by atoms with Gasteiger partial charge in [0.1, 0.15) is 0 Å². The number of carbonyl (C=O) groups excluding carboxylic acids is 1. The van der Waals surface area contributed by atoms with E-state index in [2.05, 4.69) is 37.9 Å². The van der Waals surface area contributed by atoms with Crippen molar-refractivity contribution < 1.29 is 4.79 Å². The molecule has 0 saturated heterocycles. The summed E-state index contributed by atoms with van der Waals surface area (Å²) in [6.07, 6.45) is 1.08. The maximum atomic E-state index is 11.7. The molecule has 0 aliphatic heterocycles. The van der Waals surface area contributed by atoms with Crippen molar-refractivity contribution in [2.45, 2.75) is 39.7 Å². The Labute approximate surface area is 106 Å². The highest BCUT2D eigenvalue weighted by molar-refractivity contribution is 5.77. The molecule has 1 N–H and O–H groups in total. The molecule has 102 valence electrons. The third-order valence-electron chi connectivity index (χ3n) is 2.48. The average molecular weight is 243 g/mol. The Hall–Kier alpha value is -0.610. The first-order valence-corrected chi connectivity index (χ1v) is 6.44. The summed E-state index contributed by atoms with van der Waals surface area (Å²) in [6.45, 7) is 11.9. The van der Waals surface area contributed by atoms with Gasteiger partial charge in [-0.25, -0.2) is 0 Å². The van der Waals surface area contributed by atoms with E-state index in [-0.39, 0.29) is 11.4 Å². The molecule has 0 aliphatic rings. The summed E-state index contributed by atoms with van der Waals surface area (Å²) in [5.74, 6) is 0.175. The molecule has 0 fully saturated rings. The van der Waals surface area contributed by atoms with Crippen molar-refractivity contribution in [3.8, 4) is 0 Å². The standard InChI is InChI=1S/C13H29N3O/c1-7-9-16(11-12(17)15(5)6)10-8-14-13(2,3)4/h14H,7-11H2,1-6H3. The summed E-state index contributed by atoms with van der Waals surface area (Å²) >= 11 is 0. The molecule has 1 amide bonds. The van der Waals surface area contributed by atoms with Crippen LogP contribution in [-0.4, -0.2) is 61.5 Å². The molecule has 0 aromatic rings. The van der Waals surface area contributed by atoms with Gasteiger partial charge in [0.15, 0.2) is 0 Å². The van der Waals surface area contributed by atoms with Gasteiger partial charge in [-0.2, -0.15) is 0 Å². The number of nitrogens with zero attached hydrogens (tertiary/aromatic N) is 2.